The third-order valence-corrected chi connectivity index (χ3v) is 3.56. The van der Waals surface area contributed by atoms with E-state index >= 15 is 0 Å². The molecule has 1 aromatic heterocycles. The van der Waals surface area contributed by atoms with Gasteiger partial charge in [0.1, 0.15) is 0 Å². The monoisotopic (exact) mass is 251 g/mol. The third kappa shape index (κ3) is 5.81. The van der Waals surface area contributed by atoms with Crippen LogP contribution in [0.15, 0.2) is 5.38 Å². The molecule has 0 bridgehead atoms. The van der Waals surface area contributed by atoms with Crippen LogP contribution in [0.5, 0.6) is 0 Å². The first-order valence-corrected chi connectivity index (χ1v) is 6.90. The zero-order chi connectivity index (χ0) is 12.7. The van der Waals surface area contributed by atoms with E-state index in [9.17, 15) is 0 Å². The first kappa shape index (κ1) is 14.1. The van der Waals surface area contributed by atoms with Crippen molar-refractivity contribution in [2.45, 2.75) is 40.0 Å². The number of nitrogens with zero attached hydrogens (tertiary/aromatic N) is 2. The second-order valence-corrected chi connectivity index (χ2v) is 6.17. The van der Waals surface area contributed by atoms with Crippen molar-refractivity contribution < 1.29 is 0 Å². The maximum absolute atomic E-state index is 8.57. The molecular weight excluding hydrogens is 230 g/mol. The van der Waals surface area contributed by atoms with Crippen LogP contribution in [-0.2, 0) is 6.42 Å². The summed E-state index contributed by atoms with van der Waals surface area (Å²) in [7, 11) is 0. The molecule has 0 saturated carbocycles. The largest absolute Gasteiger partial charge is 0.316 e. The average molecular weight is 251 g/mol. The summed E-state index contributed by atoms with van der Waals surface area (Å²) in [6.07, 6.45) is 2.57. The van der Waals surface area contributed by atoms with Crippen molar-refractivity contribution in [3.8, 4) is 6.07 Å². The second kappa shape index (κ2) is 6.73. The van der Waals surface area contributed by atoms with E-state index in [2.05, 4.69) is 35.6 Å². The van der Waals surface area contributed by atoms with Crippen molar-refractivity contribution in [1.29, 1.82) is 5.26 Å². The lowest BCUT2D eigenvalue weighted by molar-refractivity contribution is 0.319. The van der Waals surface area contributed by atoms with Gasteiger partial charge in [-0.3, -0.25) is 0 Å². The molecule has 0 fully saturated rings. The lowest BCUT2D eigenvalue weighted by Crippen LogP contribution is -2.30. The number of hydrogen-bond acceptors (Lipinski definition) is 4. The second-order valence-electron chi connectivity index (χ2n) is 5.11. The van der Waals surface area contributed by atoms with E-state index in [-0.39, 0.29) is 5.41 Å². The molecule has 17 heavy (non-hydrogen) atoms. The Morgan fingerprint density at radius 3 is 2.88 bits per heavy atom. The van der Waals surface area contributed by atoms with E-state index in [1.54, 1.807) is 11.3 Å². The van der Waals surface area contributed by atoms with Gasteiger partial charge in [-0.05, 0) is 18.8 Å². The summed E-state index contributed by atoms with van der Waals surface area (Å²) in [5.74, 6) is 0. The molecule has 0 atom stereocenters. The third-order valence-electron chi connectivity index (χ3n) is 2.74. The van der Waals surface area contributed by atoms with Crippen LogP contribution in [0.1, 0.15) is 37.4 Å². The molecule has 0 saturated heterocycles. The number of aryl methyl sites for hydroxylation is 1. The van der Waals surface area contributed by atoms with Gasteiger partial charge >= 0.3 is 0 Å². The molecule has 0 aliphatic rings. The van der Waals surface area contributed by atoms with E-state index in [0.717, 1.165) is 30.9 Å². The molecule has 0 aliphatic carbocycles. The van der Waals surface area contributed by atoms with E-state index in [1.807, 2.05) is 6.92 Å². The minimum absolute atomic E-state index is 0.202. The molecule has 0 aromatic carbocycles. The zero-order valence-corrected chi connectivity index (χ0v) is 11.7. The topological polar surface area (TPSA) is 48.7 Å². The highest BCUT2D eigenvalue weighted by Gasteiger charge is 2.16. The van der Waals surface area contributed by atoms with Crippen LogP contribution in [0.25, 0.3) is 0 Å². The minimum atomic E-state index is 0.202. The van der Waals surface area contributed by atoms with Crippen molar-refractivity contribution in [2.75, 3.05) is 13.1 Å². The molecule has 3 nitrogen and oxygen atoms in total. The van der Waals surface area contributed by atoms with Gasteiger partial charge in [-0.2, -0.15) is 5.26 Å². The molecule has 1 N–H and O–H groups in total. The highest BCUT2D eigenvalue weighted by molar-refractivity contribution is 7.09. The quantitative estimate of drug-likeness (QED) is 0.758. The number of aromatic nitrogens is 1. The van der Waals surface area contributed by atoms with Gasteiger partial charge in [0, 0.05) is 31.3 Å². The SMILES string of the molecule is Cc1nc(CCNCC(C)(C)CCC#N)cs1. The smallest absolute Gasteiger partial charge is 0.0897 e. The highest BCUT2D eigenvalue weighted by atomic mass is 32.1. The summed E-state index contributed by atoms with van der Waals surface area (Å²) in [6, 6.07) is 2.21. The maximum Gasteiger partial charge on any atom is 0.0897 e. The van der Waals surface area contributed by atoms with E-state index in [1.165, 1.54) is 5.69 Å². The zero-order valence-electron chi connectivity index (χ0n) is 10.9. The predicted molar refractivity (Wildman–Crippen MR) is 72.1 cm³/mol. The molecule has 0 unspecified atom stereocenters. The first-order chi connectivity index (χ1) is 8.03. The van der Waals surface area contributed by atoms with E-state index in [0.29, 0.717) is 6.42 Å². The number of rotatable bonds is 7. The van der Waals surface area contributed by atoms with Crippen molar-refractivity contribution >= 4 is 11.3 Å². The van der Waals surface area contributed by atoms with Gasteiger partial charge in [-0.1, -0.05) is 13.8 Å². The Hall–Kier alpha value is -0.920. The normalized spacial score (nSPS) is 11.4. The molecular formula is C13H21N3S. The van der Waals surface area contributed by atoms with Gasteiger partial charge in [-0.15, -0.1) is 11.3 Å². The first-order valence-electron chi connectivity index (χ1n) is 6.02. The lowest BCUT2D eigenvalue weighted by atomic mass is 9.88. The molecule has 0 amide bonds. The molecule has 1 heterocycles. The van der Waals surface area contributed by atoms with Gasteiger partial charge in [0.2, 0.25) is 0 Å². The minimum Gasteiger partial charge on any atom is -0.316 e. The molecule has 0 aliphatic heterocycles. The Bertz CT molecular complexity index is 376. The highest BCUT2D eigenvalue weighted by Crippen LogP contribution is 2.20. The van der Waals surface area contributed by atoms with Crippen LogP contribution >= 0.6 is 11.3 Å². The number of nitrogens with one attached hydrogen (secondary N) is 1. The van der Waals surface area contributed by atoms with Gasteiger partial charge in [0.15, 0.2) is 0 Å². The summed E-state index contributed by atoms with van der Waals surface area (Å²) < 4.78 is 0. The van der Waals surface area contributed by atoms with Crippen molar-refractivity contribution in [1.82, 2.24) is 10.3 Å². The molecule has 1 rings (SSSR count). The standard InChI is InChI=1S/C13H21N3S/c1-11-16-12(9-17-11)5-8-15-10-13(2,3)6-4-7-14/h9,15H,4-6,8,10H2,1-3H3. The summed E-state index contributed by atoms with van der Waals surface area (Å²) in [5, 5.41) is 15.3. The van der Waals surface area contributed by atoms with Gasteiger partial charge in [-0.25, -0.2) is 4.98 Å². The number of thiazole rings is 1. The van der Waals surface area contributed by atoms with Gasteiger partial charge < -0.3 is 5.32 Å². The van der Waals surface area contributed by atoms with Crippen LogP contribution < -0.4 is 5.32 Å². The van der Waals surface area contributed by atoms with Crippen LogP contribution in [0, 0.1) is 23.7 Å². The predicted octanol–water partition coefficient (Wildman–Crippen LogP) is 2.91. The van der Waals surface area contributed by atoms with Crippen molar-refractivity contribution in [2.24, 2.45) is 5.41 Å². The Morgan fingerprint density at radius 2 is 2.29 bits per heavy atom. The van der Waals surface area contributed by atoms with Crippen LogP contribution in [-0.4, -0.2) is 18.1 Å². The Morgan fingerprint density at radius 1 is 1.53 bits per heavy atom. The summed E-state index contributed by atoms with van der Waals surface area (Å²) >= 11 is 1.70. The van der Waals surface area contributed by atoms with Gasteiger partial charge in [0.05, 0.1) is 16.8 Å². The van der Waals surface area contributed by atoms with E-state index in [4.69, 9.17) is 5.26 Å². The molecule has 94 valence electrons. The fourth-order valence-corrected chi connectivity index (χ4v) is 2.30. The fraction of sp³-hybridized carbons (Fsp3) is 0.692. The molecule has 0 spiro atoms. The van der Waals surface area contributed by atoms with Crippen LogP contribution in [0.4, 0.5) is 0 Å². The Labute approximate surface area is 108 Å². The van der Waals surface area contributed by atoms with Crippen molar-refractivity contribution in [3.63, 3.8) is 0 Å². The fourth-order valence-electron chi connectivity index (χ4n) is 1.65. The number of nitriles is 1. The number of hydrogen-bond donors (Lipinski definition) is 1. The molecule has 0 radical (unpaired) electrons. The Balaban J connectivity index is 2.17. The summed E-state index contributed by atoms with van der Waals surface area (Å²) in [4.78, 5) is 4.43. The lowest BCUT2D eigenvalue weighted by Gasteiger charge is -2.23. The van der Waals surface area contributed by atoms with Crippen LogP contribution in [0.2, 0.25) is 0 Å². The van der Waals surface area contributed by atoms with E-state index < -0.39 is 0 Å². The van der Waals surface area contributed by atoms with Crippen LogP contribution in [0.3, 0.4) is 0 Å². The summed E-state index contributed by atoms with van der Waals surface area (Å²) in [5.41, 5.74) is 1.38. The van der Waals surface area contributed by atoms with Gasteiger partial charge in [0.25, 0.3) is 0 Å². The Kier molecular flexibility index (Phi) is 5.60. The maximum atomic E-state index is 8.57. The molecule has 4 heteroatoms. The molecule has 1 aromatic rings. The summed E-state index contributed by atoms with van der Waals surface area (Å²) in [6.45, 7) is 8.35. The average Bonchev–Trinajstić information content (AvgIpc) is 2.68. The van der Waals surface area contributed by atoms with Crippen molar-refractivity contribution in [3.05, 3.63) is 16.1 Å².